The first kappa shape index (κ1) is 18.5. The molecular formula is C20H25N5O3. The average Bonchev–Trinajstić information content (AvgIpc) is 3.06. The van der Waals surface area contributed by atoms with Crippen LogP contribution in [0.3, 0.4) is 0 Å². The van der Waals surface area contributed by atoms with Crippen molar-refractivity contribution < 1.29 is 9.90 Å². The van der Waals surface area contributed by atoms with E-state index in [0.29, 0.717) is 22.3 Å². The van der Waals surface area contributed by atoms with Crippen LogP contribution in [-0.2, 0) is 0 Å². The van der Waals surface area contributed by atoms with Crippen molar-refractivity contribution in [2.75, 3.05) is 38.2 Å². The fourth-order valence-electron chi connectivity index (χ4n) is 3.92. The molecule has 1 saturated heterocycles. The summed E-state index contributed by atoms with van der Waals surface area (Å²) in [5, 5.41) is 9.11. The van der Waals surface area contributed by atoms with Crippen molar-refractivity contribution in [1.29, 1.82) is 0 Å². The third-order valence-corrected chi connectivity index (χ3v) is 5.40. The molecule has 1 aliphatic rings. The number of aryl methyl sites for hydroxylation is 1. The van der Waals surface area contributed by atoms with E-state index < -0.39 is 0 Å². The molecule has 0 unspecified atom stereocenters. The Hall–Kier alpha value is -2.87. The fraction of sp³-hybridized carbons (Fsp3) is 0.450. The number of likely N-dealkylation sites (N-methyl/N-ethyl adjacent to an activating group) is 1. The van der Waals surface area contributed by atoms with Gasteiger partial charge in [0, 0.05) is 32.2 Å². The summed E-state index contributed by atoms with van der Waals surface area (Å²) >= 11 is 0. The van der Waals surface area contributed by atoms with Gasteiger partial charge in [0.15, 0.2) is 0 Å². The van der Waals surface area contributed by atoms with E-state index in [1.165, 1.54) is 11.3 Å². The molecule has 3 heterocycles. The molecule has 0 bridgehead atoms. The minimum Gasteiger partial charge on any atom is -0.395 e. The highest BCUT2D eigenvalue weighted by atomic mass is 16.3. The number of nitrogens with zero attached hydrogens (tertiary/aromatic N) is 4. The molecule has 148 valence electrons. The Morgan fingerprint density at radius 1 is 1.29 bits per heavy atom. The molecule has 1 amide bonds. The van der Waals surface area contributed by atoms with Gasteiger partial charge < -0.3 is 19.9 Å². The van der Waals surface area contributed by atoms with E-state index in [-0.39, 0.29) is 24.6 Å². The molecule has 0 atom stereocenters. The molecule has 0 spiro atoms. The quantitative estimate of drug-likeness (QED) is 0.713. The van der Waals surface area contributed by atoms with Crippen molar-refractivity contribution in [3.05, 3.63) is 39.8 Å². The van der Waals surface area contributed by atoms with Crippen molar-refractivity contribution >= 4 is 28.4 Å². The van der Waals surface area contributed by atoms with E-state index in [1.54, 1.807) is 25.2 Å². The number of aromatic nitrogens is 3. The van der Waals surface area contributed by atoms with Crippen LogP contribution >= 0.6 is 0 Å². The van der Waals surface area contributed by atoms with Gasteiger partial charge in [-0.25, -0.2) is 4.98 Å². The standard InChI is InChI=1S/C20H25N5O3/c1-13-17-18(27)22-15-7-6-14(19(28)23(2)10-11-26)12-16(15)25(17)20(21-13)24-8-4-3-5-9-24/h6-7,12,26H,3-5,8-11H2,1-2H3,(H,22,27). The number of benzene rings is 1. The predicted octanol–water partition coefficient (Wildman–Crippen LogP) is 1.54. The maximum Gasteiger partial charge on any atom is 0.274 e. The van der Waals surface area contributed by atoms with Crippen LogP contribution < -0.4 is 10.5 Å². The normalized spacial score (nSPS) is 14.8. The third kappa shape index (κ3) is 3.03. The van der Waals surface area contributed by atoms with Crippen LogP contribution in [0.2, 0.25) is 0 Å². The number of carbonyl (C=O) groups is 1. The molecule has 8 nitrogen and oxygen atoms in total. The molecular weight excluding hydrogens is 358 g/mol. The molecule has 28 heavy (non-hydrogen) atoms. The summed E-state index contributed by atoms with van der Waals surface area (Å²) in [6.07, 6.45) is 3.41. The number of carbonyl (C=O) groups excluding carboxylic acids is 1. The second-order valence-electron chi connectivity index (χ2n) is 7.37. The highest BCUT2D eigenvalue weighted by Crippen LogP contribution is 2.26. The lowest BCUT2D eigenvalue weighted by Crippen LogP contribution is -2.31. The maximum atomic E-state index is 12.7. The molecule has 8 heteroatoms. The number of aliphatic hydroxyl groups is 1. The highest BCUT2D eigenvalue weighted by molar-refractivity contribution is 5.97. The van der Waals surface area contributed by atoms with E-state index in [9.17, 15) is 9.59 Å². The third-order valence-electron chi connectivity index (χ3n) is 5.40. The van der Waals surface area contributed by atoms with E-state index in [0.717, 1.165) is 37.4 Å². The van der Waals surface area contributed by atoms with Crippen molar-refractivity contribution in [1.82, 2.24) is 19.3 Å². The van der Waals surface area contributed by atoms with Gasteiger partial charge in [0.1, 0.15) is 5.52 Å². The number of amides is 1. The number of hydrogen-bond acceptors (Lipinski definition) is 5. The summed E-state index contributed by atoms with van der Waals surface area (Å²) in [6.45, 7) is 3.83. The lowest BCUT2D eigenvalue weighted by atomic mass is 10.1. The number of aliphatic hydroxyl groups excluding tert-OH is 1. The number of imidazole rings is 1. The molecule has 4 rings (SSSR count). The zero-order valence-corrected chi connectivity index (χ0v) is 16.2. The zero-order chi connectivity index (χ0) is 19.8. The highest BCUT2D eigenvalue weighted by Gasteiger charge is 2.22. The molecule has 0 saturated carbocycles. The number of hydrogen-bond donors (Lipinski definition) is 2. The zero-order valence-electron chi connectivity index (χ0n) is 16.2. The summed E-state index contributed by atoms with van der Waals surface area (Å²) in [7, 11) is 1.66. The first-order chi connectivity index (χ1) is 13.5. The number of rotatable bonds is 4. The molecule has 3 aromatic rings. The van der Waals surface area contributed by atoms with Gasteiger partial charge >= 0.3 is 0 Å². The SMILES string of the molecule is Cc1nc(N2CCCCC2)n2c1c(=O)[nH]c1ccc(C(=O)N(C)CCO)cc12. The van der Waals surface area contributed by atoms with Gasteiger partial charge in [-0.1, -0.05) is 0 Å². The number of nitrogens with one attached hydrogen (secondary N) is 1. The summed E-state index contributed by atoms with van der Waals surface area (Å²) in [6, 6.07) is 5.25. The van der Waals surface area contributed by atoms with Crippen LogP contribution in [0.25, 0.3) is 16.6 Å². The van der Waals surface area contributed by atoms with Gasteiger partial charge in [0.05, 0.1) is 23.3 Å². The first-order valence-corrected chi connectivity index (χ1v) is 9.67. The number of anilines is 1. The monoisotopic (exact) mass is 383 g/mol. The van der Waals surface area contributed by atoms with Crippen molar-refractivity contribution in [2.45, 2.75) is 26.2 Å². The van der Waals surface area contributed by atoms with Crippen molar-refractivity contribution in [3.63, 3.8) is 0 Å². The van der Waals surface area contributed by atoms with Crippen LogP contribution in [-0.4, -0.2) is 63.6 Å². The molecule has 0 aliphatic carbocycles. The Bertz CT molecular complexity index is 1090. The molecule has 2 N–H and O–H groups in total. The Morgan fingerprint density at radius 2 is 2.04 bits per heavy atom. The predicted molar refractivity (Wildman–Crippen MR) is 108 cm³/mol. The molecule has 1 fully saturated rings. The minimum atomic E-state index is -0.183. The van der Waals surface area contributed by atoms with Gasteiger partial charge in [-0.2, -0.15) is 0 Å². The number of H-pyrrole nitrogens is 1. The summed E-state index contributed by atoms with van der Waals surface area (Å²) < 4.78 is 1.89. The van der Waals surface area contributed by atoms with E-state index in [1.807, 2.05) is 11.3 Å². The summed E-state index contributed by atoms with van der Waals surface area (Å²) in [5.74, 6) is 0.586. The second kappa shape index (κ2) is 7.27. The van der Waals surface area contributed by atoms with Gasteiger partial charge in [-0.15, -0.1) is 0 Å². The Morgan fingerprint density at radius 3 is 2.75 bits per heavy atom. The van der Waals surface area contributed by atoms with E-state index >= 15 is 0 Å². The van der Waals surface area contributed by atoms with Gasteiger partial charge in [-0.05, 0) is 44.4 Å². The summed E-state index contributed by atoms with van der Waals surface area (Å²) in [5.41, 5.74) is 2.93. The van der Waals surface area contributed by atoms with E-state index in [4.69, 9.17) is 10.1 Å². The van der Waals surface area contributed by atoms with Crippen LogP contribution in [0, 0.1) is 6.92 Å². The van der Waals surface area contributed by atoms with Crippen LogP contribution in [0.1, 0.15) is 35.3 Å². The maximum absolute atomic E-state index is 12.7. The van der Waals surface area contributed by atoms with Crippen LogP contribution in [0.15, 0.2) is 23.0 Å². The van der Waals surface area contributed by atoms with Gasteiger partial charge in [-0.3, -0.25) is 14.0 Å². The largest absolute Gasteiger partial charge is 0.395 e. The van der Waals surface area contributed by atoms with E-state index in [2.05, 4.69) is 9.88 Å². The molecule has 1 aromatic carbocycles. The number of piperidine rings is 1. The number of fused-ring (bicyclic) bond motifs is 3. The summed E-state index contributed by atoms with van der Waals surface area (Å²) in [4.78, 5) is 36.7. The Kier molecular flexibility index (Phi) is 4.80. The molecule has 0 radical (unpaired) electrons. The molecule has 1 aliphatic heterocycles. The lowest BCUT2D eigenvalue weighted by molar-refractivity contribution is 0.0767. The van der Waals surface area contributed by atoms with Gasteiger partial charge in [0.2, 0.25) is 5.95 Å². The number of aromatic amines is 1. The van der Waals surface area contributed by atoms with Gasteiger partial charge in [0.25, 0.3) is 11.5 Å². The Balaban J connectivity index is 1.94. The topological polar surface area (TPSA) is 93.9 Å². The first-order valence-electron chi connectivity index (χ1n) is 9.67. The van der Waals surface area contributed by atoms with Crippen LogP contribution in [0.4, 0.5) is 5.95 Å². The average molecular weight is 383 g/mol. The van der Waals surface area contributed by atoms with Crippen molar-refractivity contribution in [3.8, 4) is 0 Å². The van der Waals surface area contributed by atoms with Crippen LogP contribution in [0.5, 0.6) is 0 Å². The Labute approximate surface area is 162 Å². The van der Waals surface area contributed by atoms with Crippen molar-refractivity contribution in [2.24, 2.45) is 0 Å². The smallest absolute Gasteiger partial charge is 0.274 e. The minimum absolute atomic E-state index is 0.0901. The lowest BCUT2D eigenvalue weighted by Gasteiger charge is -2.27. The molecule has 2 aromatic heterocycles. The fourth-order valence-corrected chi connectivity index (χ4v) is 3.92. The second-order valence-corrected chi connectivity index (χ2v) is 7.37.